The topological polar surface area (TPSA) is 70.2 Å². The Morgan fingerprint density at radius 3 is 2.52 bits per heavy atom. The van der Waals surface area contributed by atoms with E-state index >= 15 is 0 Å². The van der Waals surface area contributed by atoms with Crippen molar-refractivity contribution in [2.24, 2.45) is 5.92 Å². The molecule has 5 nitrogen and oxygen atoms in total. The van der Waals surface area contributed by atoms with E-state index in [2.05, 4.69) is 16.0 Å². The van der Waals surface area contributed by atoms with Crippen molar-refractivity contribution in [2.45, 2.75) is 63.7 Å². The number of piperidine rings is 1. The third-order valence-corrected chi connectivity index (χ3v) is 5.67. The first-order valence-electron chi connectivity index (χ1n) is 8.43. The summed E-state index contributed by atoms with van der Waals surface area (Å²) in [7, 11) is 0. The van der Waals surface area contributed by atoms with Gasteiger partial charge in [0.2, 0.25) is 5.91 Å². The van der Waals surface area contributed by atoms with Crippen LogP contribution in [0, 0.1) is 5.92 Å². The summed E-state index contributed by atoms with van der Waals surface area (Å²) in [5.41, 5.74) is 0. The molecule has 6 heteroatoms. The predicted octanol–water partition coefficient (Wildman–Crippen LogP) is 1.90. The molecule has 2 aliphatic rings. The van der Waals surface area contributed by atoms with Gasteiger partial charge in [0.05, 0.1) is 4.88 Å². The van der Waals surface area contributed by atoms with Crippen molar-refractivity contribution in [2.75, 3.05) is 0 Å². The zero-order valence-corrected chi connectivity index (χ0v) is 14.5. The molecule has 1 aromatic heterocycles. The number of nitrogens with one attached hydrogen (secondary N) is 3. The van der Waals surface area contributed by atoms with E-state index in [0.29, 0.717) is 17.0 Å². The van der Waals surface area contributed by atoms with Gasteiger partial charge in [0.1, 0.15) is 6.04 Å². The lowest BCUT2D eigenvalue weighted by Gasteiger charge is -2.31. The van der Waals surface area contributed by atoms with Crippen LogP contribution in [0.2, 0.25) is 0 Å². The second kappa shape index (κ2) is 7.01. The molecule has 0 radical (unpaired) electrons. The molecule has 2 fully saturated rings. The molecule has 126 valence electrons. The largest absolute Gasteiger partial charge is 0.351 e. The lowest BCUT2D eigenvalue weighted by atomic mass is 9.97. The molecule has 1 aromatic rings. The van der Waals surface area contributed by atoms with E-state index in [-0.39, 0.29) is 23.8 Å². The van der Waals surface area contributed by atoms with Gasteiger partial charge < -0.3 is 16.0 Å². The highest BCUT2D eigenvalue weighted by Crippen LogP contribution is 2.26. The molecule has 2 bridgehead atoms. The summed E-state index contributed by atoms with van der Waals surface area (Å²) < 4.78 is 0. The van der Waals surface area contributed by atoms with Gasteiger partial charge in [-0.05, 0) is 43.0 Å². The molecule has 0 aliphatic carbocycles. The summed E-state index contributed by atoms with van der Waals surface area (Å²) in [6, 6.07) is 4.43. The molecular weight excluding hydrogens is 310 g/mol. The number of amides is 2. The fourth-order valence-electron chi connectivity index (χ4n) is 3.62. The monoisotopic (exact) mass is 335 g/mol. The van der Waals surface area contributed by atoms with E-state index in [4.69, 9.17) is 0 Å². The van der Waals surface area contributed by atoms with Crippen LogP contribution in [0.5, 0.6) is 0 Å². The van der Waals surface area contributed by atoms with Gasteiger partial charge in [-0.1, -0.05) is 19.9 Å². The average Bonchev–Trinajstić information content (AvgIpc) is 3.14. The molecule has 3 unspecified atom stereocenters. The molecule has 3 rings (SSSR count). The van der Waals surface area contributed by atoms with Crippen molar-refractivity contribution in [3.05, 3.63) is 22.4 Å². The predicted molar refractivity (Wildman–Crippen MR) is 91.5 cm³/mol. The summed E-state index contributed by atoms with van der Waals surface area (Å²) in [6.45, 7) is 3.93. The molecule has 3 heterocycles. The highest BCUT2D eigenvalue weighted by atomic mass is 32.1. The molecule has 23 heavy (non-hydrogen) atoms. The van der Waals surface area contributed by atoms with Gasteiger partial charge in [0.25, 0.3) is 5.91 Å². The summed E-state index contributed by atoms with van der Waals surface area (Å²) in [4.78, 5) is 25.5. The lowest BCUT2D eigenvalue weighted by molar-refractivity contribution is -0.124. The maximum atomic E-state index is 12.6. The van der Waals surface area contributed by atoms with Crippen LogP contribution < -0.4 is 16.0 Å². The van der Waals surface area contributed by atoms with Crippen LogP contribution in [-0.4, -0.2) is 36.0 Å². The minimum atomic E-state index is -0.489. The number of carbonyl (C=O) groups is 2. The molecular formula is C17H25N3O2S. The average molecular weight is 335 g/mol. The van der Waals surface area contributed by atoms with Crippen molar-refractivity contribution in [1.82, 2.24) is 16.0 Å². The van der Waals surface area contributed by atoms with Gasteiger partial charge in [-0.15, -0.1) is 11.3 Å². The summed E-state index contributed by atoms with van der Waals surface area (Å²) in [6.07, 6.45) is 4.40. The van der Waals surface area contributed by atoms with Gasteiger partial charge in [0.15, 0.2) is 0 Å². The first kappa shape index (κ1) is 16.5. The quantitative estimate of drug-likeness (QED) is 0.770. The first-order valence-corrected chi connectivity index (χ1v) is 9.31. The van der Waals surface area contributed by atoms with E-state index < -0.39 is 6.04 Å². The van der Waals surface area contributed by atoms with Crippen LogP contribution in [0.25, 0.3) is 0 Å². The molecule has 3 N–H and O–H groups in total. The Hall–Kier alpha value is -1.40. The Labute approximate surface area is 141 Å². The van der Waals surface area contributed by atoms with Gasteiger partial charge in [-0.25, -0.2) is 0 Å². The molecule has 0 spiro atoms. The second-order valence-electron chi connectivity index (χ2n) is 6.99. The van der Waals surface area contributed by atoms with Crippen LogP contribution in [0.1, 0.15) is 49.2 Å². The van der Waals surface area contributed by atoms with Crippen molar-refractivity contribution in [1.29, 1.82) is 0 Å². The molecule has 2 amide bonds. The van der Waals surface area contributed by atoms with E-state index in [9.17, 15) is 9.59 Å². The third-order valence-electron chi connectivity index (χ3n) is 4.80. The van der Waals surface area contributed by atoms with E-state index in [1.165, 1.54) is 24.2 Å². The van der Waals surface area contributed by atoms with E-state index in [1.807, 2.05) is 25.3 Å². The van der Waals surface area contributed by atoms with Crippen molar-refractivity contribution in [3.63, 3.8) is 0 Å². The second-order valence-corrected chi connectivity index (χ2v) is 7.93. The highest BCUT2D eigenvalue weighted by Gasteiger charge is 2.35. The van der Waals surface area contributed by atoms with Crippen LogP contribution in [0.4, 0.5) is 0 Å². The lowest BCUT2D eigenvalue weighted by Crippen LogP contribution is -2.55. The molecule has 2 saturated heterocycles. The third kappa shape index (κ3) is 3.93. The Kier molecular flexibility index (Phi) is 5.02. The normalized spacial score (nSPS) is 27.7. The number of carbonyl (C=O) groups excluding carboxylic acids is 2. The number of rotatable bonds is 5. The van der Waals surface area contributed by atoms with Crippen molar-refractivity contribution >= 4 is 23.2 Å². The smallest absolute Gasteiger partial charge is 0.262 e. The zero-order valence-electron chi connectivity index (χ0n) is 13.7. The first-order chi connectivity index (χ1) is 11.0. The van der Waals surface area contributed by atoms with Crippen molar-refractivity contribution < 1.29 is 9.59 Å². The number of fused-ring (bicyclic) bond motifs is 2. The molecule has 0 aromatic carbocycles. The van der Waals surface area contributed by atoms with Crippen LogP contribution >= 0.6 is 11.3 Å². The number of hydrogen-bond acceptors (Lipinski definition) is 4. The highest BCUT2D eigenvalue weighted by molar-refractivity contribution is 7.12. The maximum absolute atomic E-state index is 12.6. The minimum Gasteiger partial charge on any atom is -0.351 e. The van der Waals surface area contributed by atoms with Gasteiger partial charge in [-0.3, -0.25) is 9.59 Å². The number of hydrogen-bond donors (Lipinski definition) is 3. The zero-order chi connectivity index (χ0) is 16.4. The fraction of sp³-hybridized carbons (Fsp3) is 0.647. The van der Waals surface area contributed by atoms with Crippen LogP contribution in [-0.2, 0) is 4.79 Å². The van der Waals surface area contributed by atoms with E-state index in [0.717, 1.165) is 12.8 Å². The molecule has 3 atom stereocenters. The van der Waals surface area contributed by atoms with Crippen LogP contribution in [0.3, 0.4) is 0 Å². The van der Waals surface area contributed by atoms with E-state index in [1.54, 1.807) is 6.07 Å². The standard InChI is InChI=1S/C17H25N3O2S/c1-10(2)15(20-16(21)14-4-3-7-23-14)17(22)19-13-8-11-5-6-12(9-13)18-11/h3-4,7,10-13,15,18H,5-6,8-9H2,1-2H3,(H,19,22)(H,20,21). The number of thiophene rings is 1. The van der Waals surface area contributed by atoms with Gasteiger partial charge in [-0.2, -0.15) is 0 Å². The maximum Gasteiger partial charge on any atom is 0.262 e. The SMILES string of the molecule is CC(C)C(NC(=O)c1cccs1)C(=O)NC1CC2CCC(C1)N2. The van der Waals surface area contributed by atoms with Gasteiger partial charge >= 0.3 is 0 Å². The Morgan fingerprint density at radius 1 is 1.26 bits per heavy atom. The Balaban J connectivity index is 1.59. The molecule has 0 saturated carbocycles. The van der Waals surface area contributed by atoms with Crippen molar-refractivity contribution in [3.8, 4) is 0 Å². The summed E-state index contributed by atoms with van der Waals surface area (Å²) in [5.74, 6) is -0.173. The molecule has 2 aliphatic heterocycles. The summed E-state index contributed by atoms with van der Waals surface area (Å²) >= 11 is 1.39. The fourth-order valence-corrected chi connectivity index (χ4v) is 4.25. The Bertz CT molecular complexity index is 546. The Morgan fingerprint density at radius 2 is 1.96 bits per heavy atom. The summed E-state index contributed by atoms with van der Waals surface area (Å²) in [5, 5.41) is 11.5. The van der Waals surface area contributed by atoms with Crippen LogP contribution in [0.15, 0.2) is 17.5 Å². The van der Waals surface area contributed by atoms with Gasteiger partial charge in [0, 0.05) is 18.1 Å². The minimum absolute atomic E-state index is 0.0531.